The predicted molar refractivity (Wildman–Crippen MR) is 105 cm³/mol. The number of amides is 2. The fourth-order valence-electron chi connectivity index (χ4n) is 2.55. The molecule has 1 saturated heterocycles. The lowest BCUT2D eigenvalue weighted by atomic mass is 10.1. The summed E-state index contributed by atoms with van der Waals surface area (Å²) >= 11 is 3.90. The van der Waals surface area contributed by atoms with Crippen molar-refractivity contribution in [1.29, 1.82) is 0 Å². The molecule has 0 unspecified atom stereocenters. The summed E-state index contributed by atoms with van der Waals surface area (Å²) in [6, 6.07) is 14.9. The molecule has 1 aliphatic heterocycles. The summed E-state index contributed by atoms with van der Waals surface area (Å²) in [7, 11) is 0. The molecule has 6 heteroatoms. The van der Waals surface area contributed by atoms with Crippen molar-refractivity contribution in [2.24, 2.45) is 0 Å². The highest BCUT2D eigenvalue weighted by Crippen LogP contribution is 2.43. The summed E-state index contributed by atoms with van der Waals surface area (Å²) in [5.74, 6) is 1.73. The molecule has 2 N–H and O–H groups in total. The van der Waals surface area contributed by atoms with Gasteiger partial charge in [-0.1, -0.05) is 30.3 Å². The molecule has 0 aliphatic carbocycles. The zero-order chi connectivity index (χ0) is 17.6. The number of nitrogens with one attached hydrogen (secondary N) is 2. The van der Waals surface area contributed by atoms with Gasteiger partial charge in [0.05, 0.1) is 4.58 Å². The van der Waals surface area contributed by atoms with Gasteiger partial charge in [0.25, 0.3) is 11.8 Å². The molecule has 3 rings (SSSR count). The lowest BCUT2D eigenvalue weighted by Gasteiger charge is -2.21. The lowest BCUT2D eigenvalue weighted by molar-refractivity contribution is 0.0846. The fraction of sp³-hybridized carbons (Fsp3) is 0.263. The molecule has 0 radical (unpaired) electrons. The highest BCUT2D eigenvalue weighted by molar-refractivity contribution is 8.16. The Morgan fingerprint density at radius 3 is 2.24 bits per heavy atom. The van der Waals surface area contributed by atoms with E-state index in [-0.39, 0.29) is 11.8 Å². The standard InChI is InChI=1S/C19H20N2O2S2/c1-13-5-2-3-6-16(13)18(23)21-20-17(22)14-7-9-15(10-8-14)19-24-11-4-12-25-19/h2-3,5-10,19H,4,11-12H2,1H3,(H,20,22)(H,21,23). The van der Waals surface area contributed by atoms with Crippen molar-refractivity contribution in [3.05, 3.63) is 70.8 Å². The second-order valence-electron chi connectivity index (χ2n) is 5.77. The van der Waals surface area contributed by atoms with Crippen LogP contribution in [0.15, 0.2) is 48.5 Å². The Labute approximate surface area is 156 Å². The number of thioether (sulfide) groups is 2. The summed E-state index contributed by atoms with van der Waals surface area (Å²) in [4.78, 5) is 24.3. The van der Waals surface area contributed by atoms with E-state index in [9.17, 15) is 9.59 Å². The smallest absolute Gasteiger partial charge is 0.267 e. The van der Waals surface area contributed by atoms with Gasteiger partial charge in [-0.25, -0.2) is 0 Å². The van der Waals surface area contributed by atoms with Crippen LogP contribution in [0.3, 0.4) is 0 Å². The normalized spacial score (nSPS) is 14.8. The van der Waals surface area contributed by atoms with Crippen molar-refractivity contribution < 1.29 is 9.59 Å². The van der Waals surface area contributed by atoms with Crippen LogP contribution < -0.4 is 10.9 Å². The van der Waals surface area contributed by atoms with Crippen LogP contribution >= 0.6 is 23.5 Å². The predicted octanol–water partition coefficient (Wildman–Crippen LogP) is 3.94. The zero-order valence-electron chi connectivity index (χ0n) is 14.0. The first-order valence-electron chi connectivity index (χ1n) is 8.14. The van der Waals surface area contributed by atoms with Crippen LogP contribution in [0.4, 0.5) is 0 Å². The lowest BCUT2D eigenvalue weighted by Crippen LogP contribution is -2.41. The molecule has 2 aromatic carbocycles. The minimum Gasteiger partial charge on any atom is -0.267 e. The molecule has 25 heavy (non-hydrogen) atoms. The third-order valence-corrected chi connectivity index (χ3v) is 6.97. The van der Waals surface area contributed by atoms with Crippen LogP contribution in [0.2, 0.25) is 0 Å². The summed E-state index contributed by atoms with van der Waals surface area (Å²) in [5.41, 5.74) is 8.11. The van der Waals surface area contributed by atoms with E-state index >= 15 is 0 Å². The Morgan fingerprint density at radius 2 is 1.56 bits per heavy atom. The number of hydrazine groups is 1. The van der Waals surface area contributed by atoms with Gasteiger partial charge in [0, 0.05) is 11.1 Å². The highest BCUT2D eigenvalue weighted by Gasteiger charge is 2.17. The number of aryl methyl sites for hydroxylation is 1. The topological polar surface area (TPSA) is 58.2 Å². The number of carbonyl (C=O) groups is 2. The van der Waals surface area contributed by atoms with E-state index in [1.54, 1.807) is 24.3 Å². The molecular weight excluding hydrogens is 352 g/mol. The molecule has 1 aliphatic rings. The zero-order valence-corrected chi connectivity index (χ0v) is 15.6. The number of benzene rings is 2. The molecule has 0 bridgehead atoms. The second kappa shape index (κ2) is 8.45. The molecule has 130 valence electrons. The Kier molecular flexibility index (Phi) is 6.04. The molecule has 2 amide bonds. The van der Waals surface area contributed by atoms with E-state index in [4.69, 9.17) is 0 Å². The van der Waals surface area contributed by atoms with Crippen molar-refractivity contribution in [2.75, 3.05) is 11.5 Å². The van der Waals surface area contributed by atoms with Gasteiger partial charge in [0.15, 0.2) is 0 Å². The molecule has 1 fully saturated rings. The van der Waals surface area contributed by atoms with Gasteiger partial charge in [-0.2, -0.15) is 0 Å². The minimum absolute atomic E-state index is 0.321. The van der Waals surface area contributed by atoms with Gasteiger partial charge in [-0.3, -0.25) is 20.4 Å². The van der Waals surface area contributed by atoms with Gasteiger partial charge >= 0.3 is 0 Å². The third-order valence-electron chi connectivity index (χ3n) is 3.95. The Hall–Kier alpha value is -1.92. The van der Waals surface area contributed by atoms with Gasteiger partial charge in [-0.15, -0.1) is 23.5 Å². The monoisotopic (exact) mass is 372 g/mol. The van der Waals surface area contributed by atoms with Crippen LogP contribution in [-0.4, -0.2) is 23.3 Å². The Bertz CT molecular complexity index is 756. The first kappa shape index (κ1) is 17.9. The van der Waals surface area contributed by atoms with E-state index in [0.717, 1.165) is 5.56 Å². The Morgan fingerprint density at radius 1 is 0.920 bits per heavy atom. The third kappa shape index (κ3) is 4.58. The van der Waals surface area contributed by atoms with E-state index in [1.807, 2.05) is 54.7 Å². The van der Waals surface area contributed by atoms with Crippen LogP contribution in [0.25, 0.3) is 0 Å². The van der Waals surface area contributed by atoms with Gasteiger partial charge in [0.2, 0.25) is 0 Å². The number of hydrogen-bond donors (Lipinski definition) is 2. The molecule has 4 nitrogen and oxygen atoms in total. The summed E-state index contributed by atoms with van der Waals surface area (Å²) in [5, 5.41) is 0. The highest BCUT2D eigenvalue weighted by atomic mass is 32.2. The van der Waals surface area contributed by atoms with Crippen molar-refractivity contribution in [3.63, 3.8) is 0 Å². The maximum absolute atomic E-state index is 12.2. The van der Waals surface area contributed by atoms with E-state index in [0.29, 0.717) is 15.7 Å². The molecule has 0 atom stereocenters. The molecule has 2 aromatic rings. The quantitative estimate of drug-likeness (QED) is 0.802. The molecule has 1 heterocycles. The first-order chi connectivity index (χ1) is 12.1. The molecular formula is C19H20N2O2S2. The van der Waals surface area contributed by atoms with E-state index < -0.39 is 0 Å². The average molecular weight is 373 g/mol. The van der Waals surface area contributed by atoms with Crippen molar-refractivity contribution in [2.45, 2.75) is 17.9 Å². The first-order valence-corrected chi connectivity index (χ1v) is 10.2. The maximum atomic E-state index is 12.2. The van der Waals surface area contributed by atoms with Crippen LogP contribution in [0.1, 0.15) is 42.8 Å². The largest absolute Gasteiger partial charge is 0.269 e. The average Bonchev–Trinajstić information content (AvgIpc) is 2.67. The summed E-state index contributed by atoms with van der Waals surface area (Å²) in [6.07, 6.45) is 1.26. The van der Waals surface area contributed by atoms with Crippen LogP contribution in [-0.2, 0) is 0 Å². The van der Waals surface area contributed by atoms with Gasteiger partial charge < -0.3 is 0 Å². The summed E-state index contributed by atoms with van der Waals surface area (Å²) < 4.78 is 0.451. The van der Waals surface area contributed by atoms with Crippen molar-refractivity contribution in [1.82, 2.24) is 10.9 Å². The number of rotatable bonds is 3. The van der Waals surface area contributed by atoms with Crippen molar-refractivity contribution >= 4 is 35.3 Å². The molecule has 0 aromatic heterocycles. The van der Waals surface area contributed by atoms with E-state index in [1.165, 1.54) is 23.5 Å². The maximum Gasteiger partial charge on any atom is 0.269 e. The van der Waals surface area contributed by atoms with Crippen LogP contribution in [0, 0.1) is 6.92 Å². The SMILES string of the molecule is Cc1ccccc1C(=O)NNC(=O)c1ccc(C2SCCCS2)cc1. The molecule has 0 saturated carbocycles. The van der Waals surface area contributed by atoms with E-state index in [2.05, 4.69) is 10.9 Å². The number of hydrogen-bond acceptors (Lipinski definition) is 4. The van der Waals surface area contributed by atoms with Gasteiger partial charge in [-0.05, 0) is 54.2 Å². The minimum atomic E-state index is -0.322. The van der Waals surface area contributed by atoms with Gasteiger partial charge in [0.1, 0.15) is 0 Å². The number of carbonyl (C=O) groups excluding carboxylic acids is 2. The fourth-order valence-corrected chi connectivity index (χ4v) is 5.45. The van der Waals surface area contributed by atoms with Crippen molar-refractivity contribution in [3.8, 4) is 0 Å². The van der Waals surface area contributed by atoms with Crippen LogP contribution in [0.5, 0.6) is 0 Å². The summed E-state index contributed by atoms with van der Waals surface area (Å²) in [6.45, 7) is 1.86. The second-order valence-corrected chi connectivity index (χ2v) is 8.50. The molecule has 0 spiro atoms. The Balaban J connectivity index is 1.58.